The van der Waals surface area contributed by atoms with Gasteiger partial charge in [-0.15, -0.1) is 11.3 Å². The zero-order valence-electron chi connectivity index (χ0n) is 14.7. The molecule has 0 atom stereocenters. The predicted molar refractivity (Wildman–Crippen MR) is 108 cm³/mol. The molecule has 0 fully saturated rings. The van der Waals surface area contributed by atoms with E-state index >= 15 is 0 Å². The Hall–Kier alpha value is -2.96. The van der Waals surface area contributed by atoms with Crippen molar-refractivity contribution in [2.24, 2.45) is 0 Å². The molecule has 4 rings (SSSR count). The number of rotatable bonds is 5. The van der Waals surface area contributed by atoms with Gasteiger partial charge in [0.05, 0.1) is 11.3 Å². The highest BCUT2D eigenvalue weighted by Crippen LogP contribution is 2.30. The van der Waals surface area contributed by atoms with E-state index in [-0.39, 0.29) is 5.75 Å². The number of thiazole rings is 1. The Morgan fingerprint density at radius 1 is 1.19 bits per heavy atom. The molecule has 0 bridgehead atoms. The Bertz CT molecular complexity index is 1150. The Labute approximate surface area is 159 Å². The quantitative estimate of drug-likeness (QED) is 0.504. The molecule has 0 radical (unpaired) electrons. The van der Waals surface area contributed by atoms with E-state index in [2.05, 4.69) is 10.3 Å². The second-order valence-corrected chi connectivity index (χ2v) is 7.01. The first-order valence-electron chi connectivity index (χ1n) is 8.67. The topological polar surface area (TPSA) is 75.4 Å². The second kappa shape index (κ2) is 7.34. The first-order valence-corrected chi connectivity index (χ1v) is 9.55. The smallest absolute Gasteiger partial charge is 0.345 e. The van der Waals surface area contributed by atoms with Gasteiger partial charge in [-0.2, -0.15) is 0 Å². The van der Waals surface area contributed by atoms with Crippen molar-refractivity contribution in [1.82, 2.24) is 10.3 Å². The van der Waals surface area contributed by atoms with Crippen molar-refractivity contribution in [1.29, 1.82) is 0 Å². The summed E-state index contributed by atoms with van der Waals surface area (Å²) >= 11 is 1.49. The molecule has 0 aliphatic rings. The summed E-state index contributed by atoms with van der Waals surface area (Å²) < 4.78 is 5.43. The molecule has 4 aromatic rings. The predicted octanol–water partition coefficient (Wildman–Crippen LogP) is 4.40. The van der Waals surface area contributed by atoms with Crippen molar-refractivity contribution in [2.45, 2.75) is 13.5 Å². The van der Waals surface area contributed by atoms with E-state index in [0.717, 1.165) is 28.1 Å². The number of fused-ring (bicyclic) bond motifs is 1. The molecule has 6 heteroatoms. The van der Waals surface area contributed by atoms with Crippen LogP contribution in [-0.2, 0) is 6.54 Å². The third-order valence-corrected chi connectivity index (χ3v) is 5.19. The zero-order valence-corrected chi connectivity index (χ0v) is 15.5. The molecule has 5 nitrogen and oxygen atoms in total. The van der Waals surface area contributed by atoms with E-state index in [9.17, 15) is 9.90 Å². The molecule has 2 N–H and O–H groups in total. The molecule has 0 aliphatic heterocycles. The van der Waals surface area contributed by atoms with Crippen LogP contribution in [0.5, 0.6) is 5.75 Å². The zero-order chi connectivity index (χ0) is 18.8. The molecular formula is C21H18N2O3S. The number of aromatic nitrogens is 1. The summed E-state index contributed by atoms with van der Waals surface area (Å²) in [7, 11) is 0. The van der Waals surface area contributed by atoms with Crippen LogP contribution in [-0.4, -0.2) is 16.6 Å². The lowest BCUT2D eigenvalue weighted by atomic mass is 10.1. The summed E-state index contributed by atoms with van der Waals surface area (Å²) in [5.74, 6) is 0.111. The standard InChI is InChI=1S/C21H18N2O3S/c1-2-22-11-15-8-14-9-16(21(25)26-19(14)10-18(15)24)17-12-27-20(23-17)13-6-4-3-5-7-13/h3-10,12,22,24H,2,11H2,1H3. The van der Waals surface area contributed by atoms with Gasteiger partial charge >= 0.3 is 5.63 Å². The molecule has 2 aromatic heterocycles. The van der Waals surface area contributed by atoms with Crippen LogP contribution in [0.2, 0.25) is 0 Å². The second-order valence-electron chi connectivity index (χ2n) is 6.15. The highest BCUT2D eigenvalue weighted by atomic mass is 32.1. The summed E-state index contributed by atoms with van der Waals surface area (Å²) in [5, 5.41) is 16.8. The van der Waals surface area contributed by atoms with E-state index in [1.165, 1.54) is 17.4 Å². The summed E-state index contributed by atoms with van der Waals surface area (Å²) in [6.45, 7) is 3.34. The Morgan fingerprint density at radius 2 is 2.00 bits per heavy atom. The van der Waals surface area contributed by atoms with Crippen LogP contribution in [0.3, 0.4) is 0 Å². The lowest BCUT2D eigenvalue weighted by molar-refractivity contribution is 0.463. The molecular weight excluding hydrogens is 360 g/mol. The molecule has 0 spiro atoms. The molecule has 0 saturated carbocycles. The molecule has 136 valence electrons. The fourth-order valence-electron chi connectivity index (χ4n) is 2.89. The average Bonchev–Trinajstić information content (AvgIpc) is 3.17. The van der Waals surface area contributed by atoms with E-state index in [1.807, 2.05) is 48.7 Å². The molecule has 0 amide bonds. The number of phenolic OH excluding ortho intramolecular Hbond substituents is 1. The van der Waals surface area contributed by atoms with Crippen molar-refractivity contribution in [2.75, 3.05) is 6.54 Å². The van der Waals surface area contributed by atoms with Gasteiger partial charge in [0.1, 0.15) is 16.3 Å². The number of nitrogens with one attached hydrogen (secondary N) is 1. The van der Waals surface area contributed by atoms with Crippen LogP contribution in [0.1, 0.15) is 12.5 Å². The van der Waals surface area contributed by atoms with Gasteiger partial charge in [0.25, 0.3) is 0 Å². The maximum absolute atomic E-state index is 12.5. The Balaban J connectivity index is 1.78. The molecule has 0 unspecified atom stereocenters. The molecule has 2 heterocycles. The van der Waals surface area contributed by atoms with E-state index < -0.39 is 5.63 Å². The maximum Gasteiger partial charge on any atom is 0.345 e. The Morgan fingerprint density at radius 3 is 2.78 bits per heavy atom. The van der Waals surface area contributed by atoms with Gasteiger partial charge in [-0.1, -0.05) is 37.3 Å². The van der Waals surface area contributed by atoms with Crippen molar-refractivity contribution in [3.8, 4) is 27.6 Å². The van der Waals surface area contributed by atoms with Crippen molar-refractivity contribution in [3.63, 3.8) is 0 Å². The summed E-state index contributed by atoms with van der Waals surface area (Å²) in [6, 6.07) is 14.9. The number of benzene rings is 2. The van der Waals surface area contributed by atoms with Crippen LogP contribution in [0.25, 0.3) is 32.8 Å². The fraction of sp³-hybridized carbons (Fsp3) is 0.143. The average molecular weight is 378 g/mol. The lowest BCUT2D eigenvalue weighted by Gasteiger charge is -2.07. The normalized spacial score (nSPS) is 11.1. The monoisotopic (exact) mass is 378 g/mol. The third-order valence-electron chi connectivity index (χ3n) is 4.30. The Kier molecular flexibility index (Phi) is 4.75. The first-order chi connectivity index (χ1) is 13.2. The number of nitrogens with zero attached hydrogens (tertiary/aromatic N) is 1. The minimum atomic E-state index is -0.466. The van der Waals surface area contributed by atoms with Crippen molar-refractivity contribution >= 4 is 22.3 Å². The van der Waals surface area contributed by atoms with E-state index in [1.54, 1.807) is 6.07 Å². The van der Waals surface area contributed by atoms with E-state index in [4.69, 9.17) is 4.42 Å². The van der Waals surface area contributed by atoms with Gasteiger partial charge in [0.2, 0.25) is 0 Å². The maximum atomic E-state index is 12.5. The number of hydrogen-bond acceptors (Lipinski definition) is 6. The number of aromatic hydroxyl groups is 1. The summed E-state index contributed by atoms with van der Waals surface area (Å²) in [4.78, 5) is 17.1. The first kappa shape index (κ1) is 17.5. The summed E-state index contributed by atoms with van der Waals surface area (Å²) in [5.41, 5.74) is 2.67. The molecule has 27 heavy (non-hydrogen) atoms. The SMILES string of the molecule is CCNCc1cc2cc(-c3csc(-c4ccccc4)n3)c(=O)oc2cc1O. The van der Waals surface area contributed by atoms with E-state index in [0.29, 0.717) is 23.4 Å². The minimum Gasteiger partial charge on any atom is -0.507 e. The molecule has 2 aromatic carbocycles. The molecule has 0 aliphatic carbocycles. The van der Waals surface area contributed by atoms with Gasteiger partial charge in [-0.3, -0.25) is 0 Å². The van der Waals surface area contributed by atoms with Crippen LogP contribution in [0.15, 0.2) is 63.1 Å². The van der Waals surface area contributed by atoms with Crippen molar-refractivity contribution < 1.29 is 9.52 Å². The van der Waals surface area contributed by atoms with Crippen molar-refractivity contribution in [3.05, 3.63) is 69.9 Å². The minimum absolute atomic E-state index is 0.111. The van der Waals surface area contributed by atoms with Gasteiger partial charge in [-0.25, -0.2) is 9.78 Å². The van der Waals surface area contributed by atoms with Crippen LogP contribution < -0.4 is 10.9 Å². The highest BCUT2D eigenvalue weighted by molar-refractivity contribution is 7.13. The highest BCUT2D eigenvalue weighted by Gasteiger charge is 2.14. The molecule has 0 saturated heterocycles. The largest absolute Gasteiger partial charge is 0.507 e. The van der Waals surface area contributed by atoms with Crippen LogP contribution >= 0.6 is 11.3 Å². The fourth-order valence-corrected chi connectivity index (χ4v) is 3.72. The van der Waals surface area contributed by atoms with Gasteiger partial charge in [-0.05, 0) is 18.7 Å². The lowest BCUT2D eigenvalue weighted by Crippen LogP contribution is -2.12. The summed E-state index contributed by atoms with van der Waals surface area (Å²) in [6.07, 6.45) is 0. The number of phenols is 1. The van der Waals surface area contributed by atoms with Gasteiger partial charge in [0.15, 0.2) is 0 Å². The number of hydrogen-bond donors (Lipinski definition) is 2. The van der Waals surface area contributed by atoms with Crippen LogP contribution in [0.4, 0.5) is 0 Å². The third kappa shape index (κ3) is 3.49. The van der Waals surface area contributed by atoms with Gasteiger partial charge < -0.3 is 14.8 Å². The van der Waals surface area contributed by atoms with Gasteiger partial charge in [0, 0.05) is 34.5 Å². The van der Waals surface area contributed by atoms with Crippen LogP contribution in [0, 0.1) is 0 Å².